The van der Waals surface area contributed by atoms with E-state index in [4.69, 9.17) is 9.16 Å². The van der Waals surface area contributed by atoms with Crippen LogP contribution in [0, 0.1) is 0 Å². The van der Waals surface area contributed by atoms with Crippen LogP contribution >= 0.6 is 0 Å². The van der Waals surface area contributed by atoms with Gasteiger partial charge in [-0.15, -0.1) is 0 Å². The van der Waals surface area contributed by atoms with Crippen LogP contribution < -0.4 is 10.4 Å². The minimum absolute atomic E-state index is 0.0591. The normalized spacial score (nSPS) is 22.5. The summed E-state index contributed by atoms with van der Waals surface area (Å²) in [5.41, 5.74) is 0.782. The van der Waals surface area contributed by atoms with Gasteiger partial charge < -0.3 is 14.3 Å². The third kappa shape index (κ3) is 4.47. The van der Waals surface area contributed by atoms with E-state index in [-0.39, 0.29) is 29.5 Å². The zero-order valence-corrected chi connectivity index (χ0v) is 20.0. The first-order valence-electron chi connectivity index (χ1n) is 10.9. The van der Waals surface area contributed by atoms with Crippen LogP contribution in [0.5, 0.6) is 0 Å². The molecule has 2 aromatic rings. The number of ether oxygens (including phenoxy) is 1. The molecule has 1 aliphatic heterocycles. The van der Waals surface area contributed by atoms with Crippen molar-refractivity contribution < 1.29 is 14.3 Å². The van der Waals surface area contributed by atoms with Crippen LogP contribution in [0.3, 0.4) is 0 Å². The van der Waals surface area contributed by atoms with Crippen molar-refractivity contribution in [1.29, 1.82) is 0 Å². The molecule has 1 heterocycles. The summed E-state index contributed by atoms with van der Waals surface area (Å²) in [5.74, 6) is 0. The molecule has 3 atom stereocenters. The highest BCUT2D eigenvalue weighted by molar-refractivity contribution is 6.99. The number of aliphatic hydroxyl groups is 1. The summed E-state index contributed by atoms with van der Waals surface area (Å²) in [6, 6.07) is 21.4. The summed E-state index contributed by atoms with van der Waals surface area (Å²) in [4.78, 5) is 0. The standard InChI is InChI=1S/C26H36O3Si/c1-20(2)23(17-18-26(6)24(19-27)28-26)29-30(25(3,4)5,21-13-9-7-10-14-21)22-15-11-8-12-16-22/h7-16,23-24,27H,1,17-19H2,2-6H3/t23-,24+,26-/m1/s1. The number of rotatable bonds is 9. The molecular weight excluding hydrogens is 388 g/mol. The predicted octanol–water partition coefficient (Wildman–Crippen LogP) is 4.44. The zero-order valence-electron chi connectivity index (χ0n) is 19.0. The highest BCUT2D eigenvalue weighted by atomic mass is 28.4. The number of epoxide rings is 1. The Hall–Kier alpha value is -1.72. The maximum absolute atomic E-state index is 9.44. The van der Waals surface area contributed by atoms with Gasteiger partial charge in [0.1, 0.15) is 6.10 Å². The summed E-state index contributed by atoms with van der Waals surface area (Å²) in [5, 5.41) is 11.9. The second kappa shape index (κ2) is 8.79. The van der Waals surface area contributed by atoms with Crippen molar-refractivity contribution >= 4 is 18.7 Å². The van der Waals surface area contributed by atoms with Gasteiger partial charge in [0.2, 0.25) is 0 Å². The van der Waals surface area contributed by atoms with Crippen LogP contribution in [0.25, 0.3) is 0 Å². The smallest absolute Gasteiger partial charge is 0.261 e. The minimum atomic E-state index is -2.63. The van der Waals surface area contributed by atoms with Crippen molar-refractivity contribution in [3.63, 3.8) is 0 Å². The Morgan fingerprint density at radius 2 is 1.60 bits per heavy atom. The fourth-order valence-corrected chi connectivity index (χ4v) is 9.23. The quantitative estimate of drug-likeness (QED) is 0.368. The van der Waals surface area contributed by atoms with Crippen molar-refractivity contribution in [2.24, 2.45) is 0 Å². The SMILES string of the molecule is C=C(C)[C@@H](CC[C@@]1(C)O[C@H]1CO)O[Si](c1ccccc1)(c1ccccc1)C(C)(C)C. The molecule has 2 aromatic carbocycles. The summed E-state index contributed by atoms with van der Waals surface area (Å²) in [6.45, 7) is 15.4. The lowest BCUT2D eigenvalue weighted by atomic mass is 9.97. The first kappa shape index (κ1) is 23.0. The lowest BCUT2D eigenvalue weighted by Crippen LogP contribution is -2.67. The molecule has 1 saturated heterocycles. The molecule has 0 bridgehead atoms. The molecule has 1 fully saturated rings. The average molecular weight is 425 g/mol. The molecule has 0 radical (unpaired) electrons. The van der Waals surface area contributed by atoms with Crippen LogP contribution in [-0.2, 0) is 9.16 Å². The fourth-order valence-electron chi connectivity index (χ4n) is 4.47. The maximum atomic E-state index is 9.44. The van der Waals surface area contributed by atoms with E-state index in [0.29, 0.717) is 0 Å². The van der Waals surface area contributed by atoms with Gasteiger partial charge in [-0.2, -0.15) is 0 Å². The van der Waals surface area contributed by atoms with E-state index in [1.165, 1.54) is 10.4 Å². The summed E-state index contributed by atoms with van der Waals surface area (Å²) < 4.78 is 13.0. The van der Waals surface area contributed by atoms with E-state index in [2.05, 4.69) is 102 Å². The van der Waals surface area contributed by atoms with Gasteiger partial charge in [-0.1, -0.05) is 93.6 Å². The maximum Gasteiger partial charge on any atom is 0.261 e. The fraction of sp³-hybridized carbons (Fsp3) is 0.462. The van der Waals surface area contributed by atoms with E-state index in [1.807, 2.05) is 0 Å². The summed E-state index contributed by atoms with van der Waals surface area (Å²) in [7, 11) is -2.63. The molecule has 1 N–H and O–H groups in total. The second-order valence-corrected chi connectivity index (χ2v) is 14.0. The average Bonchev–Trinajstić information content (AvgIpc) is 3.39. The van der Waals surface area contributed by atoms with Crippen molar-refractivity contribution in [1.82, 2.24) is 0 Å². The number of hydrogen-bond acceptors (Lipinski definition) is 3. The van der Waals surface area contributed by atoms with E-state index < -0.39 is 8.32 Å². The van der Waals surface area contributed by atoms with Gasteiger partial charge >= 0.3 is 0 Å². The van der Waals surface area contributed by atoms with Gasteiger partial charge in [0.25, 0.3) is 8.32 Å². The Morgan fingerprint density at radius 1 is 1.10 bits per heavy atom. The van der Waals surface area contributed by atoms with Crippen LogP contribution in [0.1, 0.15) is 47.5 Å². The predicted molar refractivity (Wildman–Crippen MR) is 127 cm³/mol. The Bertz CT molecular complexity index is 804. The molecule has 3 rings (SSSR count). The molecule has 0 saturated carbocycles. The number of benzene rings is 2. The highest BCUT2D eigenvalue weighted by Crippen LogP contribution is 2.42. The molecule has 0 aromatic heterocycles. The van der Waals surface area contributed by atoms with Gasteiger partial charge in [-0.25, -0.2) is 0 Å². The Balaban J connectivity index is 2.01. The van der Waals surface area contributed by atoms with Crippen LogP contribution in [-0.4, -0.2) is 37.8 Å². The van der Waals surface area contributed by atoms with Gasteiger partial charge in [-0.3, -0.25) is 0 Å². The molecule has 0 spiro atoms. The highest BCUT2D eigenvalue weighted by Gasteiger charge is 2.54. The molecular formula is C26H36O3Si. The molecule has 162 valence electrons. The number of hydrogen-bond donors (Lipinski definition) is 1. The first-order valence-corrected chi connectivity index (χ1v) is 12.8. The van der Waals surface area contributed by atoms with E-state index in [9.17, 15) is 5.11 Å². The largest absolute Gasteiger partial charge is 0.401 e. The Morgan fingerprint density at radius 3 is 1.97 bits per heavy atom. The molecule has 3 nitrogen and oxygen atoms in total. The molecule has 1 aliphatic rings. The first-order chi connectivity index (χ1) is 14.1. The molecule has 4 heteroatoms. The topological polar surface area (TPSA) is 42.0 Å². The van der Waals surface area contributed by atoms with Crippen LogP contribution in [0.2, 0.25) is 5.04 Å². The van der Waals surface area contributed by atoms with Gasteiger partial charge in [0.05, 0.1) is 18.3 Å². The third-order valence-corrected chi connectivity index (χ3v) is 11.4. The van der Waals surface area contributed by atoms with Gasteiger partial charge in [0.15, 0.2) is 0 Å². The van der Waals surface area contributed by atoms with Crippen molar-refractivity contribution in [3.8, 4) is 0 Å². The molecule has 0 aliphatic carbocycles. The van der Waals surface area contributed by atoms with Gasteiger partial charge in [0, 0.05) is 0 Å². The van der Waals surface area contributed by atoms with Crippen LogP contribution in [0.15, 0.2) is 72.8 Å². The lowest BCUT2D eigenvalue weighted by Gasteiger charge is -2.45. The molecule has 0 amide bonds. The monoisotopic (exact) mass is 424 g/mol. The second-order valence-electron chi connectivity index (χ2n) is 9.76. The summed E-state index contributed by atoms with van der Waals surface area (Å²) >= 11 is 0. The van der Waals surface area contributed by atoms with E-state index in [0.717, 1.165) is 18.4 Å². The zero-order chi connectivity index (χ0) is 22.0. The number of aliphatic hydroxyl groups excluding tert-OH is 1. The van der Waals surface area contributed by atoms with Crippen molar-refractivity contribution in [2.75, 3.05) is 6.61 Å². The Labute approximate surface area is 182 Å². The van der Waals surface area contributed by atoms with E-state index in [1.54, 1.807) is 0 Å². The van der Waals surface area contributed by atoms with Crippen molar-refractivity contribution in [3.05, 3.63) is 72.8 Å². The van der Waals surface area contributed by atoms with Crippen LogP contribution in [0.4, 0.5) is 0 Å². The van der Waals surface area contributed by atoms with E-state index >= 15 is 0 Å². The summed E-state index contributed by atoms with van der Waals surface area (Å²) in [6.07, 6.45) is 1.54. The van der Waals surface area contributed by atoms with Crippen molar-refractivity contribution in [2.45, 2.75) is 70.3 Å². The van der Waals surface area contributed by atoms with Gasteiger partial charge in [-0.05, 0) is 42.1 Å². The Kier molecular flexibility index (Phi) is 6.73. The lowest BCUT2D eigenvalue weighted by molar-refractivity contribution is 0.189. The molecule has 0 unspecified atom stereocenters. The molecule has 30 heavy (non-hydrogen) atoms. The minimum Gasteiger partial charge on any atom is -0.401 e. The third-order valence-electron chi connectivity index (χ3n) is 6.39.